The monoisotopic (exact) mass is 533 g/mol. The fourth-order valence-electron chi connectivity index (χ4n) is 4.06. The lowest BCUT2D eigenvalue weighted by Crippen LogP contribution is -2.20. The number of hydrogen-bond acceptors (Lipinski definition) is 6. The minimum Gasteiger partial charge on any atom is -0.494 e. The van der Waals surface area contributed by atoms with E-state index in [-0.39, 0.29) is 4.90 Å². The van der Waals surface area contributed by atoms with Crippen molar-refractivity contribution in [2.24, 2.45) is 0 Å². The van der Waals surface area contributed by atoms with Crippen LogP contribution in [0.25, 0.3) is 21.9 Å². The van der Waals surface area contributed by atoms with Crippen molar-refractivity contribution >= 4 is 20.6 Å². The molecular weight excluding hydrogens is 498 g/mol. The highest BCUT2D eigenvalue weighted by Gasteiger charge is 2.15. The van der Waals surface area contributed by atoms with Gasteiger partial charge in [0.15, 0.2) is 9.84 Å². The molecule has 0 spiro atoms. The van der Waals surface area contributed by atoms with Gasteiger partial charge in [0.25, 0.3) is 0 Å². The molecule has 0 aromatic heterocycles. The first kappa shape index (κ1) is 27.5. The molecule has 0 saturated carbocycles. The van der Waals surface area contributed by atoms with Crippen LogP contribution in [0.3, 0.4) is 0 Å². The third-order valence-corrected chi connectivity index (χ3v) is 7.27. The maximum atomic E-state index is 12.0. The first-order chi connectivity index (χ1) is 18.4. The second-order valence-corrected chi connectivity index (χ2v) is 11.1. The van der Waals surface area contributed by atoms with E-state index in [2.05, 4.69) is 19.2 Å². The summed E-state index contributed by atoms with van der Waals surface area (Å²) < 4.78 is 42.1. The fraction of sp³-hybridized carbons (Fsp3) is 0.290. The highest BCUT2D eigenvalue weighted by molar-refractivity contribution is 7.90. The normalized spacial score (nSPS) is 11.4. The number of benzene rings is 4. The summed E-state index contributed by atoms with van der Waals surface area (Å²) in [5.41, 5.74) is 1.73. The minimum atomic E-state index is -3.28. The number of likely N-dealkylation sites (N-methyl/N-ethyl adjacent to an activating group) is 1. The van der Waals surface area contributed by atoms with Crippen LogP contribution in [0.5, 0.6) is 23.0 Å². The maximum Gasteiger partial charge on any atom is 0.175 e. The van der Waals surface area contributed by atoms with E-state index in [1.165, 1.54) is 6.26 Å². The molecule has 0 atom stereocenters. The van der Waals surface area contributed by atoms with Gasteiger partial charge in [0.05, 0.1) is 11.5 Å². The van der Waals surface area contributed by atoms with Crippen molar-refractivity contribution in [3.05, 3.63) is 78.9 Å². The van der Waals surface area contributed by atoms with E-state index in [1.807, 2.05) is 66.7 Å². The quantitative estimate of drug-likeness (QED) is 0.189. The third kappa shape index (κ3) is 7.05. The molecule has 4 aromatic carbocycles. The van der Waals surface area contributed by atoms with Gasteiger partial charge in [-0.2, -0.15) is 0 Å². The van der Waals surface area contributed by atoms with Crippen LogP contribution in [0.15, 0.2) is 83.8 Å². The maximum absolute atomic E-state index is 12.0. The molecule has 38 heavy (non-hydrogen) atoms. The Labute approximate surface area is 225 Å². The van der Waals surface area contributed by atoms with Crippen molar-refractivity contribution in [1.29, 1.82) is 0 Å². The number of hydrogen-bond donors (Lipinski definition) is 1. The Morgan fingerprint density at radius 1 is 0.763 bits per heavy atom. The van der Waals surface area contributed by atoms with Crippen LogP contribution >= 0.6 is 0 Å². The summed E-state index contributed by atoms with van der Waals surface area (Å²) in [7, 11) is -3.28. The van der Waals surface area contributed by atoms with E-state index in [4.69, 9.17) is 14.2 Å². The standard InChI is InChI=1S/C31H35NO5S/c1-4-6-20-35-27-14-18-30-24(22-27)9-17-29(23-7-15-28(16-8-23)38(3,33)34)31(30)37-26-12-10-25(11-13-26)36-21-19-32-5-2/h7-18,22,32H,4-6,19-21H2,1-3H3. The Hall–Kier alpha value is -3.55. The zero-order valence-corrected chi connectivity index (χ0v) is 23.0. The van der Waals surface area contributed by atoms with Gasteiger partial charge in [-0.3, -0.25) is 0 Å². The van der Waals surface area contributed by atoms with Crippen molar-refractivity contribution in [3.63, 3.8) is 0 Å². The largest absolute Gasteiger partial charge is 0.494 e. The molecule has 0 aliphatic carbocycles. The molecular formula is C31H35NO5S. The average Bonchev–Trinajstić information content (AvgIpc) is 2.92. The molecule has 4 aromatic rings. The first-order valence-electron chi connectivity index (χ1n) is 13.0. The Bertz CT molecular complexity index is 1450. The summed E-state index contributed by atoms with van der Waals surface area (Å²) in [6, 6.07) is 24.5. The van der Waals surface area contributed by atoms with Crippen molar-refractivity contribution < 1.29 is 22.6 Å². The van der Waals surface area contributed by atoms with Crippen LogP contribution in [0, 0.1) is 0 Å². The van der Waals surface area contributed by atoms with E-state index in [9.17, 15) is 8.42 Å². The molecule has 1 N–H and O–H groups in total. The summed E-state index contributed by atoms with van der Waals surface area (Å²) in [5.74, 6) is 2.96. The predicted octanol–water partition coefficient (Wildman–Crippen LogP) is 6.87. The van der Waals surface area contributed by atoms with E-state index in [0.29, 0.717) is 24.7 Å². The lowest BCUT2D eigenvalue weighted by molar-refractivity contribution is 0.310. The van der Waals surface area contributed by atoms with Gasteiger partial charge in [0.1, 0.15) is 29.6 Å². The molecule has 0 aliphatic rings. The van der Waals surface area contributed by atoms with Crippen LogP contribution in [0.2, 0.25) is 0 Å². The van der Waals surface area contributed by atoms with Crippen molar-refractivity contribution in [1.82, 2.24) is 5.32 Å². The smallest absolute Gasteiger partial charge is 0.175 e. The van der Waals surface area contributed by atoms with Crippen molar-refractivity contribution in [2.45, 2.75) is 31.6 Å². The molecule has 7 heteroatoms. The Balaban J connectivity index is 1.68. The van der Waals surface area contributed by atoms with Crippen LogP contribution < -0.4 is 19.5 Å². The molecule has 6 nitrogen and oxygen atoms in total. The number of fused-ring (bicyclic) bond motifs is 1. The van der Waals surface area contributed by atoms with Crippen molar-refractivity contribution in [3.8, 4) is 34.1 Å². The van der Waals surface area contributed by atoms with E-state index in [0.717, 1.165) is 59.3 Å². The highest BCUT2D eigenvalue weighted by atomic mass is 32.2. The van der Waals surface area contributed by atoms with Gasteiger partial charge < -0.3 is 19.5 Å². The lowest BCUT2D eigenvalue weighted by atomic mass is 9.99. The van der Waals surface area contributed by atoms with E-state index in [1.54, 1.807) is 12.1 Å². The molecule has 0 saturated heterocycles. The van der Waals surface area contributed by atoms with Gasteiger partial charge in [-0.05, 0) is 84.6 Å². The van der Waals surface area contributed by atoms with Gasteiger partial charge in [-0.25, -0.2) is 8.42 Å². The van der Waals surface area contributed by atoms with E-state index >= 15 is 0 Å². The van der Waals surface area contributed by atoms with Crippen molar-refractivity contribution in [2.75, 3.05) is 32.6 Å². The summed E-state index contributed by atoms with van der Waals surface area (Å²) in [5, 5.41) is 5.17. The zero-order valence-electron chi connectivity index (χ0n) is 22.2. The minimum absolute atomic E-state index is 0.281. The second kappa shape index (κ2) is 12.8. The molecule has 0 fully saturated rings. The lowest BCUT2D eigenvalue weighted by Gasteiger charge is -2.16. The molecule has 0 amide bonds. The molecule has 0 aliphatic heterocycles. The summed E-state index contributed by atoms with van der Waals surface area (Å²) in [6.45, 7) is 7.17. The molecule has 0 unspecified atom stereocenters. The molecule has 200 valence electrons. The van der Waals surface area contributed by atoms with Gasteiger partial charge in [0, 0.05) is 23.8 Å². The Morgan fingerprint density at radius 3 is 2.13 bits per heavy atom. The number of sulfone groups is 1. The Morgan fingerprint density at radius 2 is 1.45 bits per heavy atom. The zero-order chi connectivity index (χ0) is 27.0. The molecule has 4 rings (SSSR count). The number of unbranched alkanes of at least 4 members (excludes halogenated alkanes) is 1. The number of rotatable bonds is 13. The third-order valence-electron chi connectivity index (χ3n) is 6.14. The van der Waals surface area contributed by atoms with Crippen LogP contribution in [-0.4, -0.2) is 41.0 Å². The van der Waals surface area contributed by atoms with Crippen LogP contribution in [0.4, 0.5) is 0 Å². The summed E-state index contributed by atoms with van der Waals surface area (Å²) >= 11 is 0. The number of nitrogens with one attached hydrogen (secondary N) is 1. The summed E-state index contributed by atoms with van der Waals surface area (Å²) in [6.07, 6.45) is 3.29. The van der Waals surface area contributed by atoms with Crippen LogP contribution in [0.1, 0.15) is 26.7 Å². The topological polar surface area (TPSA) is 73.9 Å². The fourth-order valence-corrected chi connectivity index (χ4v) is 4.69. The van der Waals surface area contributed by atoms with Gasteiger partial charge >= 0.3 is 0 Å². The number of ether oxygens (including phenoxy) is 3. The Kier molecular flexibility index (Phi) is 9.26. The van der Waals surface area contributed by atoms with Gasteiger partial charge in [-0.1, -0.05) is 38.5 Å². The SMILES string of the molecule is CCCCOc1ccc2c(Oc3ccc(OCCNCC)cc3)c(-c3ccc(S(C)(=O)=O)cc3)ccc2c1. The van der Waals surface area contributed by atoms with Crippen LogP contribution in [-0.2, 0) is 9.84 Å². The average molecular weight is 534 g/mol. The molecule has 0 heterocycles. The second-order valence-electron chi connectivity index (χ2n) is 9.10. The van der Waals surface area contributed by atoms with Gasteiger partial charge in [0.2, 0.25) is 0 Å². The molecule has 0 radical (unpaired) electrons. The van der Waals surface area contributed by atoms with E-state index < -0.39 is 9.84 Å². The summed E-state index contributed by atoms with van der Waals surface area (Å²) in [4.78, 5) is 0.281. The predicted molar refractivity (Wildman–Crippen MR) is 153 cm³/mol. The molecule has 0 bridgehead atoms. The first-order valence-corrected chi connectivity index (χ1v) is 14.9. The highest BCUT2D eigenvalue weighted by Crippen LogP contribution is 2.41. The van der Waals surface area contributed by atoms with Gasteiger partial charge in [-0.15, -0.1) is 0 Å².